The van der Waals surface area contributed by atoms with E-state index in [2.05, 4.69) is 41.0 Å². The number of halogens is 4. The molecule has 1 aromatic carbocycles. The quantitative estimate of drug-likeness (QED) is 0.307. The normalized spacial score (nSPS) is 10.9. The number of amides is 3. The Morgan fingerprint density at radius 3 is 2.59 bits per heavy atom. The van der Waals surface area contributed by atoms with E-state index in [0.29, 0.717) is 0 Å². The first-order valence-electron chi connectivity index (χ1n) is 11.5. The number of tetrazole rings is 1. The molecule has 0 unspecified atom stereocenters. The minimum atomic E-state index is -2.94. The van der Waals surface area contributed by atoms with Gasteiger partial charge in [-0.15, -0.1) is 10.2 Å². The van der Waals surface area contributed by atoms with Crippen LogP contribution in [0.4, 0.5) is 23.7 Å². The van der Waals surface area contributed by atoms with Gasteiger partial charge in [0.05, 0.1) is 29.1 Å². The number of carbonyl (C=O) groups is 3. The van der Waals surface area contributed by atoms with Crippen molar-refractivity contribution in [3.8, 4) is 5.82 Å². The molecule has 0 atom stereocenters. The number of hydrogen-bond acceptors (Lipinski definition) is 9. The van der Waals surface area contributed by atoms with Crippen LogP contribution in [0.1, 0.15) is 44.4 Å². The summed E-state index contributed by atoms with van der Waals surface area (Å²) in [6, 6.07) is 6.32. The van der Waals surface area contributed by atoms with Crippen LogP contribution < -0.4 is 10.7 Å². The van der Waals surface area contributed by atoms with Gasteiger partial charge in [0.25, 0.3) is 11.8 Å². The van der Waals surface area contributed by atoms with Gasteiger partial charge in [-0.3, -0.25) is 15.0 Å². The zero-order valence-electron chi connectivity index (χ0n) is 21.5. The number of nitrogens with zero attached hydrogens (tertiary/aromatic N) is 8. The standard InChI is InChI=1S/C23H20ClF3N10O4/c1-11-7-12(25)8-14(21(38)33-35(2)23(40)41-3)17(11)29-22(39)16-9-13(10-36-32-19(18(26)27)30-34-36)31-37(16)20-15(24)5-4-6-28-20/h4-9,18H,10H2,1-3H3,(H,29,39)(H,33,38). The summed E-state index contributed by atoms with van der Waals surface area (Å²) >= 11 is 6.28. The minimum Gasteiger partial charge on any atom is -0.452 e. The van der Waals surface area contributed by atoms with E-state index >= 15 is 0 Å². The average molecular weight is 593 g/mol. The van der Waals surface area contributed by atoms with Crippen LogP contribution in [0, 0.1) is 12.7 Å². The van der Waals surface area contributed by atoms with Gasteiger partial charge in [0.1, 0.15) is 18.1 Å². The summed E-state index contributed by atoms with van der Waals surface area (Å²) in [5.41, 5.74) is 2.02. The third-order valence-electron chi connectivity index (χ3n) is 5.40. The topological polar surface area (TPSA) is 162 Å². The van der Waals surface area contributed by atoms with Crippen molar-refractivity contribution in [1.82, 2.24) is 45.4 Å². The Hall–Kier alpha value is -5.06. The fourth-order valence-corrected chi connectivity index (χ4v) is 3.78. The number of ether oxygens (including phenoxy) is 1. The fraction of sp³-hybridized carbons (Fsp3) is 0.217. The van der Waals surface area contributed by atoms with Crippen molar-refractivity contribution in [2.45, 2.75) is 19.9 Å². The molecule has 3 aromatic heterocycles. The lowest BCUT2D eigenvalue weighted by atomic mass is 10.1. The van der Waals surface area contributed by atoms with Gasteiger partial charge in [-0.1, -0.05) is 11.6 Å². The second-order valence-electron chi connectivity index (χ2n) is 8.29. The summed E-state index contributed by atoms with van der Waals surface area (Å²) in [7, 11) is 2.31. The van der Waals surface area contributed by atoms with E-state index in [9.17, 15) is 27.6 Å². The molecule has 0 spiro atoms. The molecule has 0 aliphatic carbocycles. The number of carbonyl (C=O) groups excluding carboxylic acids is 3. The van der Waals surface area contributed by atoms with Crippen LogP contribution in [0.3, 0.4) is 0 Å². The molecule has 3 amide bonds. The molecule has 4 aromatic rings. The third kappa shape index (κ3) is 6.40. The molecule has 214 valence electrons. The Bertz CT molecular complexity index is 1630. The minimum absolute atomic E-state index is 0.0545. The first-order chi connectivity index (χ1) is 19.5. The average Bonchev–Trinajstić information content (AvgIpc) is 3.57. The van der Waals surface area contributed by atoms with Crippen LogP contribution in [0.2, 0.25) is 5.02 Å². The third-order valence-corrected chi connectivity index (χ3v) is 5.70. The zero-order chi connectivity index (χ0) is 29.8. The van der Waals surface area contributed by atoms with E-state index < -0.39 is 36.0 Å². The van der Waals surface area contributed by atoms with Crippen molar-refractivity contribution in [3.05, 3.63) is 75.7 Å². The highest BCUT2D eigenvalue weighted by Crippen LogP contribution is 2.25. The highest BCUT2D eigenvalue weighted by Gasteiger charge is 2.25. The van der Waals surface area contributed by atoms with Crippen molar-refractivity contribution in [3.63, 3.8) is 0 Å². The lowest BCUT2D eigenvalue weighted by molar-refractivity contribution is 0.0767. The van der Waals surface area contributed by atoms with Crippen LogP contribution in [0.5, 0.6) is 0 Å². The van der Waals surface area contributed by atoms with E-state index in [0.717, 1.165) is 33.7 Å². The molecule has 4 rings (SSSR count). The van der Waals surface area contributed by atoms with E-state index in [-0.39, 0.29) is 45.6 Å². The van der Waals surface area contributed by atoms with Crippen LogP contribution in [0.15, 0.2) is 36.5 Å². The number of pyridine rings is 1. The predicted molar refractivity (Wildman–Crippen MR) is 135 cm³/mol. The number of aromatic nitrogens is 7. The summed E-state index contributed by atoms with van der Waals surface area (Å²) in [5.74, 6) is -3.26. The van der Waals surface area contributed by atoms with Gasteiger partial charge in [-0.05, 0) is 48.0 Å². The maximum atomic E-state index is 14.3. The number of hydrogen-bond donors (Lipinski definition) is 2. The first kappa shape index (κ1) is 28.9. The van der Waals surface area contributed by atoms with Crippen molar-refractivity contribution in [1.29, 1.82) is 0 Å². The van der Waals surface area contributed by atoms with Gasteiger partial charge in [0, 0.05) is 13.2 Å². The van der Waals surface area contributed by atoms with Gasteiger partial charge >= 0.3 is 12.5 Å². The lowest BCUT2D eigenvalue weighted by Crippen LogP contribution is -2.43. The molecule has 0 saturated carbocycles. The highest BCUT2D eigenvalue weighted by atomic mass is 35.5. The van der Waals surface area contributed by atoms with Crippen LogP contribution in [-0.2, 0) is 11.3 Å². The number of aryl methyl sites for hydroxylation is 1. The van der Waals surface area contributed by atoms with Gasteiger partial charge in [-0.25, -0.2) is 32.6 Å². The SMILES string of the molecule is COC(=O)N(C)NC(=O)c1cc(F)cc(C)c1NC(=O)c1cc(Cn2nnc(C(F)F)n2)nn1-c1ncccc1Cl. The number of nitrogens with one attached hydrogen (secondary N) is 2. The number of methoxy groups -OCH3 is 1. The molecule has 0 radical (unpaired) electrons. The summed E-state index contributed by atoms with van der Waals surface area (Å²) in [6.07, 6.45) is -2.43. The summed E-state index contributed by atoms with van der Waals surface area (Å²) < 4.78 is 45.7. The van der Waals surface area contributed by atoms with E-state index in [1.807, 2.05) is 0 Å². The molecule has 3 heterocycles. The van der Waals surface area contributed by atoms with E-state index in [4.69, 9.17) is 11.6 Å². The predicted octanol–water partition coefficient (Wildman–Crippen LogP) is 2.94. The molecule has 0 saturated heterocycles. The smallest absolute Gasteiger partial charge is 0.428 e. The monoisotopic (exact) mass is 592 g/mol. The molecule has 18 heteroatoms. The number of hydrazine groups is 1. The molecule has 41 heavy (non-hydrogen) atoms. The number of benzene rings is 1. The summed E-state index contributed by atoms with van der Waals surface area (Å²) in [4.78, 5) is 43.2. The van der Waals surface area contributed by atoms with Crippen molar-refractivity contribution >= 4 is 35.2 Å². The Morgan fingerprint density at radius 2 is 1.93 bits per heavy atom. The van der Waals surface area contributed by atoms with Crippen LogP contribution >= 0.6 is 11.6 Å². The van der Waals surface area contributed by atoms with Crippen LogP contribution in [-0.4, -0.2) is 72.0 Å². The summed E-state index contributed by atoms with van der Waals surface area (Å²) in [5, 5.41) is 18.1. The van der Waals surface area contributed by atoms with Gasteiger partial charge in [0.2, 0.25) is 5.82 Å². The van der Waals surface area contributed by atoms with Gasteiger partial charge < -0.3 is 10.1 Å². The Kier molecular flexibility index (Phi) is 8.46. The van der Waals surface area contributed by atoms with Gasteiger partial charge in [-0.2, -0.15) is 9.90 Å². The van der Waals surface area contributed by atoms with E-state index in [1.54, 1.807) is 6.07 Å². The molecule has 0 aliphatic rings. The molecular formula is C23H20ClF3N10O4. The van der Waals surface area contributed by atoms with Crippen molar-refractivity contribution in [2.75, 3.05) is 19.5 Å². The lowest BCUT2D eigenvalue weighted by Gasteiger charge is -2.19. The van der Waals surface area contributed by atoms with Crippen molar-refractivity contribution < 1.29 is 32.3 Å². The fourth-order valence-electron chi connectivity index (χ4n) is 3.58. The largest absolute Gasteiger partial charge is 0.452 e. The summed E-state index contributed by atoms with van der Waals surface area (Å²) in [6.45, 7) is 1.20. The molecule has 14 nitrogen and oxygen atoms in total. The molecule has 2 N–H and O–H groups in total. The Morgan fingerprint density at radius 1 is 1.17 bits per heavy atom. The Balaban J connectivity index is 1.71. The van der Waals surface area contributed by atoms with Crippen molar-refractivity contribution in [2.24, 2.45) is 0 Å². The number of alkyl halides is 2. The van der Waals surface area contributed by atoms with E-state index in [1.165, 1.54) is 32.3 Å². The van der Waals surface area contributed by atoms with Gasteiger partial charge in [0.15, 0.2) is 5.82 Å². The Labute approximate surface area is 234 Å². The zero-order valence-corrected chi connectivity index (χ0v) is 22.2. The maximum Gasteiger partial charge on any atom is 0.428 e. The number of rotatable bonds is 7. The highest BCUT2D eigenvalue weighted by molar-refractivity contribution is 6.32. The van der Waals surface area contributed by atoms with Crippen LogP contribution in [0.25, 0.3) is 5.82 Å². The maximum absolute atomic E-state index is 14.3. The first-order valence-corrected chi connectivity index (χ1v) is 11.9. The molecular weight excluding hydrogens is 573 g/mol. The molecule has 0 aliphatic heterocycles. The molecule has 0 bridgehead atoms. The number of anilines is 1. The molecule has 0 fully saturated rings. The second-order valence-corrected chi connectivity index (χ2v) is 8.70. The second kappa shape index (κ2) is 12.0.